The summed E-state index contributed by atoms with van der Waals surface area (Å²) >= 11 is 0. The minimum Gasteiger partial charge on any atom is -0.370 e. The van der Waals surface area contributed by atoms with Crippen molar-refractivity contribution in [3.8, 4) is 0 Å². The summed E-state index contributed by atoms with van der Waals surface area (Å²) in [5.41, 5.74) is 4.96. The summed E-state index contributed by atoms with van der Waals surface area (Å²) in [6.45, 7) is -0.486. The fourth-order valence-corrected chi connectivity index (χ4v) is 0.763. The molecule has 5 N–H and O–H groups in total. The Hall–Kier alpha value is -0.110. The number of carbonyl (C=O) groups excluding carboxylic acids is 1. The Balaban J connectivity index is 0. The maximum absolute atomic E-state index is 10.7. The number of carbonyl (C=O) groups is 1. The molecule has 0 aromatic carbocycles. The number of hydrogen-bond donors (Lipinski definition) is 4. The first-order valence-corrected chi connectivity index (χ1v) is 4.58. The first kappa shape index (κ1) is 16.3. The second-order valence-corrected chi connectivity index (χ2v) is 3.36. The third-order valence-corrected chi connectivity index (χ3v) is 1.44. The molecule has 76 valence electrons. The molecule has 0 amide bonds. The zero-order chi connectivity index (χ0) is 10.6. The summed E-state index contributed by atoms with van der Waals surface area (Å²) in [6.07, 6.45) is 0. The standard InChI is InChI=1S/C4H10N3O5P.Na/c1-7(4(5)6)2-3(8)12-13(9,10)11;/h2H2,1H3,(H3,5,6)(H2,9,10,11);/q;+1. The fourth-order valence-electron chi connectivity index (χ4n) is 0.440. The first-order chi connectivity index (χ1) is 5.72. The third-order valence-electron chi connectivity index (χ3n) is 0.998. The monoisotopic (exact) mass is 234 g/mol. The predicted molar refractivity (Wildman–Crippen MR) is 42.7 cm³/mol. The van der Waals surface area contributed by atoms with E-state index in [9.17, 15) is 9.36 Å². The van der Waals surface area contributed by atoms with Crippen LogP contribution in [0.3, 0.4) is 0 Å². The number of likely N-dealkylation sites (N-methyl/N-ethyl adjacent to an activating group) is 1. The van der Waals surface area contributed by atoms with E-state index in [-0.39, 0.29) is 29.6 Å². The smallest absolute Gasteiger partial charge is 0.370 e. The van der Waals surface area contributed by atoms with Gasteiger partial charge in [0.2, 0.25) is 0 Å². The van der Waals surface area contributed by atoms with Crippen molar-refractivity contribution < 1.29 is 53.2 Å². The van der Waals surface area contributed by atoms with Gasteiger partial charge in [0.1, 0.15) is 6.54 Å². The van der Waals surface area contributed by atoms with Crippen LogP contribution in [0.4, 0.5) is 0 Å². The van der Waals surface area contributed by atoms with Gasteiger partial charge in [0, 0.05) is 7.05 Å². The van der Waals surface area contributed by atoms with Crippen molar-refractivity contribution in [2.24, 2.45) is 5.73 Å². The van der Waals surface area contributed by atoms with Crippen LogP contribution in [0.25, 0.3) is 0 Å². The molecular weight excluding hydrogens is 224 g/mol. The fraction of sp³-hybridized carbons (Fsp3) is 0.500. The molecule has 0 bridgehead atoms. The molecule has 0 aromatic heterocycles. The number of phosphoric ester groups is 1. The molecule has 0 atom stereocenters. The number of rotatable bonds is 3. The SMILES string of the molecule is CN(CC(=O)OP(=O)(O)O)C(=N)N.[Na+]. The summed E-state index contributed by atoms with van der Waals surface area (Å²) in [4.78, 5) is 28.0. The average Bonchev–Trinajstić information content (AvgIpc) is 1.81. The molecule has 0 rings (SSSR count). The van der Waals surface area contributed by atoms with Gasteiger partial charge in [0.05, 0.1) is 0 Å². The van der Waals surface area contributed by atoms with Gasteiger partial charge < -0.3 is 15.2 Å². The minimum atomic E-state index is -4.80. The van der Waals surface area contributed by atoms with E-state index in [0.717, 1.165) is 4.90 Å². The second kappa shape index (κ2) is 6.39. The topological polar surface area (TPSA) is 137 Å². The van der Waals surface area contributed by atoms with Crippen LogP contribution in [0.15, 0.2) is 0 Å². The maximum Gasteiger partial charge on any atom is 1.00 e. The Bertz CT molecular complexity index is 266. The second-order valence-electron chi connectivity index (χ2n) is 2.20. The van der Waals surface area contributed by atoms with E-state index >= 15 is 0 Å². The van der Waals surface area contributed by atoms with Gasteiger partial charge >= 0.3 is 43.3 Å². The van der Waals surface area contributed by atoms with Crippen molar-refractivity contribution in [1.29, 1.82) is 5.41 Å². The van der Waals surface area contributed by atoms with Crippen molar-refractivity contribution in [1.82, 2.24) is 4.90 Å². The van der Waals surface area contributed by atoms with Crippen LogP contribution in [-0.2, 0) is 13.9 Å². The minimum absolute atomic E-state index is 0. The number of nitrogens with two attached hydrogens (primary N) is 1. The van der Waals surface area contributed by atoms with Crippen LogP contribution in [0.1, 0.15) is 0 Å². The molecular formula is C4H10N3NaO5P+. The van der Waals surface area contributed by atoms with Gasteiger partial charge in [-0.2, -0.15) is 0 Å². The molecule has 8 nitrogen and oxygen atoms in total. The quantitative estimate of drug-likeness (QED) is 0.167. The molecule has 0 heterocycles. The van der Waals surface area contributed by atoms with Crippen molar-refractivity contribution >= 4 is 19.8 Å². The Morgan fingerprint density at radius 3 is 2.36 bits per heavy atom. The molecule has 0 saturated carbocycles. The van der Waals surface area contributed by atoms with Crippen molar-refractivity contribution in [3.05, 3.63) is 0 Å². The van der Waals surface area contributed by atoms with E-state index in [1.165, 1.54) is 7.05 Å². The zero-order valence-corrected chi connectivity index (χ0v) is 10.7. The summed E-state index contributed by atoms with van der Waals surface area (Å²) < 4.78 is 13.8. The number of nitrogens with one attached hydrogen (secondary N) is 1. The molecule has 0 radical (unpaired) electrons. The van der Waals surface area contributed by atoms with Crippen molar-refractivity contribution in [2.75, 3.05) is 13.6 Å². The van der Waals surface area contributed by atoms with E-state index < -0.39 is 26.3 Å². The molecule has 0 aromatic rings. The molecule has 0 aliphatic carbocycles. The number of hydrogen-bond acceptors (Lipinski definition) is 4. The van der Waals surface area contributed by atoms with E-state index in [0.29, 0.717) is 0 Å². The summed E-state index contributed by atoms with van der Waals surface area (Å²) in [5, 5.41) is 6.83. The van der Waals surface area contributed by atoms with E-state index in [1.54, 1.807) is 0 Å². The van der Waals surface area contributed by atoms with Crippen LogP contribution in [0.2, 0.25) is 0 Å². The normalized spacial score (nSPS) is 9.93. The number of guanidine groups is 1. The van der Waals surface area contributed by atoms with Crippen LogP contribution in [-0.4, -0.2) is 40.2 Å². The van der Waals surface area contributed by atoms with Gasteiger partial charge in [-0.3, -0.25) is 15.2 Å². The molecule has 14 heavy (non-hydrogen) atoms. The van der Waals surface area contributed by atoms with Crippen LogP contribution in [0.5, 0.6) is 0 Å². The molecule has 0 fully saturated rings. The summed E-state index contributed by atoms with van der Waals surface area (Å²) in [7, 11) is -3.49. The van der Waals surface area contributed by atoms with Gasteiger partial charge in [-0.25, -0.2) is 9.36 Å². The Morgan fingerprint density at radius 1 is 1.64 bits per heavy atom. The summed E-state index contributed by atoms with van der Waals surface area (Å²) in [6, 6.07) is 0. The third kappa shape index (κ3) is 8.49. The molecule has 0 aliphatic rings. The van der Waals surface area contributed by atoms with Gasteiger partial charge in [-0.15, -0.1) is 0 Å². The van der Waals surface area contributed by atoms with Crippen molar-refractivity contribution in [2.45, 2.75) is 0 Å². The molecule has 0 saturated heterocycles. The predicted octanol–water partition coefficient (Wildman–Crippen LogP) is -4.55. The zero-order valence-electron chi connectivity index (χ0n) is 7.80. The van der Waals surface area contributed by atoms with E-state index in [4.69, 9.17) is 20.9 Å². The Morgan fingerprint density at radius 2 is 2.07 bits per heavy atom. The number of nitrogens with zero attached hydrogens (tertiary/aromatic N) is 1. The molecule has 10 heteroatoms. The largest absolute Gasteiger partial charge is 1.00 e. The van der Waals surface area contributed by atoms with Gasteiger partial charge in [-0.1, -0.05) is 0 Å². The van der Waals surface area contributed by atoms with Gasteiger partial charge in [0.25, 0.3) is 0 Å². The van der Waals surface area contributed by atoms with Crippen LogP contribution < -0.4 is 35.3 Å². The maximum atomic E-state index is 10.7. The molecule has 0 unspecified atom stereocenters. The van der Waals surface area contributed by atoms with E-state index in [2.05, 4.69) is 4.52 Å². The summed E-state index contributed by atoms with van der Waals surface area (Å²) in [5.74, 6) is -1.55. The van der Waals surface area contributed by atoms with Crippen LogP contribution >= 0.6 is 7.82 Å². The Kier molecular flexibility index (Phi) is 7.45. The van der Waals surface area contributed by atoms with Gasteiger partial charge in [0.15, 0.2) is 5.96 Å². The van der Waals surface area contributed by atoms with E-state index in [1.807, 2.05) is 0 Å². The van der Waals surface area contributed by atoms with Crippen molar-refractivity contribution in [3.63, 3.8) is 0 Å². The molecule has 0 spiro atoms. The average molecular weight is 234 g/mol. The number of phosphoric acid groups is 1. The molecule has 0 aliphatic heterocycles. The van der Waals surface area contributed by atoms with Gasteiger partial charge in [-0.05, 0) is 0 Å². The van der Waals surface area contributed by atoms with Crippen LogP contribution in [0, 0.1) is 5.41 Å². The first-order valence-electron chi connectivity index (χ1n) is 3.05. The Labute approximate surface area is 102 Å².